The number of carbonyl (C=O) groups excluding carboxylic acids is 2. The minimum Gasteiger partial charge on any atom is -0.376 e. The van der Waals surface area contributed by atoms with E-state index < -0.39 is 0 Å². The molecule has 1 aromatic heterocycles. The highest BCUT2D eigenvalue weighted by Crippen LogP contribution is 2.35. The van der Waals surface area contributed by atoms with Gasteiger partial charge in [-0.25, -0.2) is 0 Å². The van der Waals surface area contributed by atoms with E-state index in [1.165, 1.54) is 0 Å². The highest BCUT2D eigenvalue weighted by atomic mass is 16.5. The molecule has 0 bridgehead atoms. The molecule has 2 unspecified atom stereocenters. The third-order valence-corrected chi connectivity index (χ3v) is 6.30. The fourth-order valence-corrected chi connectivity index (χ4v) is 4.58. The third-order valence-electron chi connectivity index (χ3n) is 6.30. The van der Waals surface area contributed by atoms with Crippen molar-refractivity contribution in [3.8, 4) is 0 Å². The third kappa shape index (κ3) is 4.79. The van der Waals surface area contributed by atoms with Crippen molar-refractivity contribution < 1.29 is 14.3 Å². The molecular formula is C27H28N4O3. The molecule has 2 aliphatic rings. The summed E-state index contributed by atoms with van der Waals surface area (Å²) in [6.07, 6.45) is 4.15. The fourth-order valence-electron chi connectivity index (χ4n) is 4.58. The van der Waals surface area contributed by atoms with E-state index in [9.17, 15) is 9.59 Å². The van der Waals surface area contributed by atoms with Gasteiger partial charge in [0.1, 0.15) is 6.17 Å². The molecule has 0 aliphatic carbocycles. The molecule has 174 valence electrons. The van der Waals surface area contributed by atoms with E-state index in [-0.39, 0.29) is 24.1 Å². The second-order valence-electron chi connectivity index (χ2n) is 8.63. The Kier molecular flexibility index (Phi) is 6.53. The lowest BCUT2D eigenvalue weighted by atomic mass is 10.1. The number of aromatic nitrogens is 1. The number of benzene rings is 2. The van der Waals surface area contributed by atoms with Crippen molar-refractivity contribution in [3.05, 3.63) is 95.3 Å². The average Bonchev–Trinajstić information content (AvgIpc) is 3.48. The van der Waals surface area contributed by atoms with E-state index in [1.807, 2.05) is 65.6 Å². The van der Waals surface area contributed by atoms with Crippen molar-refractivity contribution in [2.24, 2.45) is 0 Å². The van der Waals surface area contributed by atoms with E-state index >= 15 is 0 Å². The number of anilines is 1. The monoisotopic (exact) mass is 456 g/mol. The van der Waals surface area contributed by atoms with Gasteiger partial charge in [0.05, 0.1) is 6.10 Å². The Hall–Kier alpha value is -3.71. The zero-order valence-electron chi connectivity index (χ0n) is 18.9. The van der Waals surface area contributed by atoms with Crippen LogP contribution in [0.25, 0.3) is 0 Å². The predicted molar refractivity (Wildman–Crippen MR) is 130 cm³/mol. The van der Waals surface area contributed by atoms with Crippen molar-refractivity contribution in [1.29, 1.82) is 0 Å². The highest BCUT2D eigenvalue weighted by Gasteiger charge is 2.38. The molecule has 3 aromatic rings. The number of fused-ring (bicyclic) bond motifs is 1. The number of hydrogen-bond acceptors (Lipinski definition) is 5. The maximum absolute atomic E-state index is 13.2. The normalized spacial score (nSPS) is 19.2. The van der Waals surface area contributed by atoms with Crippen LogP contribution in [0.5, 0.6) is 0 Å². The Bertz CT molecular complexity index is 1160. The molecule has 7 heteroatoms. The second kappa shape index (κ2) is 10.1. The fraction of sp³-hybridized carbons (Fsp3) is 0.296. The van der Waals surface area contributed by atoms with Crippen molar-refractivity contribution in [2.75, 3.05) is 25.0 Å². The Labute approximate surface area is 199 Å². The van der Waals surface area contributed by atoms with Gasteiger partial charge < -0.3 is 20.3 Å². The van der Waals surface area contributed by atoms with E-state index in [0.29, 0.717) is 30.6 Å². The zero-order valence-corrected chi connectivity index (χ0v) is 18.9. The van der Waals surface area contributed by atoms with Crippen LogP contribution < -0.4 is 10.6 Å². The van der Waals surface area contributed by atoms with Gasteiger partial charge in [-0.15, -0.1) is 0 Å². The molecule has 2 aromatic carbocycles. The molecule has 1 fully saturated rings. The molecule has 0 saturated carbocycles. The van der Waals surface area contributed by atoms with E-state index in [4.69, 9.17) is 4.74 Å². The van der Waals surface area contributed by atoms with Crippen LogP contribution in [0.15, 0.2) is 72.9 Å². The van der Waals surface area contributed by atoms with Crippen LogP contribution in [0.4, 0.5) is 5.69 Å². The number of hydrogen-bond donors (Lipinski definition) is 2. The van der Waals surface area contributed by atoms with Crippen molar-refractivity contribution in [3.63, 3.8) is 0 Å². The van der Waals surface area contributed by atoms with Crippen LogP contribution in [0.1, 0.15) is 51.0 Å². The van der Waals surface area contributed by atoms with Crippen LogP contribution in [0, 0.1) is 0 Å². The molecule has 7 nitrogen and oxygen atoms in total. The minimum atomic E-state index is -0.310. The lowest BCUT2D eigenvalue weighted by molar-refractivity contribution is 0.0488. The van der Waals surface area contributed by atoms with Crippen LogP contribution >= 0.6 is 0 Å². The molecule has 1 saturated heterocycles. The number of nitrogens with one attached hydrogen (secondary N) is 2. The molecule has 0 radical (unpaired) electrons. The van der Waals surface area contributed by atoms with Crippen molar-refractivity contribution in [1.82, 2.24) is 15.2 Å². The molecular weight excluding hydrogens is 428 g/mol. The number of nitrogens with zero attached hydrogens (tertiary/aromatic N) is 2. The van der Waals surface area contributed by atoms with Crippen LogP contribution in [-0.2, 0) is 11.2 Å². The number of ether oxygens (including phenoxy) is 1. The molecule has 2 amide bonds. The molecule has 34 heavy (non-hydrogen) atoms. The number of amides is 2. The topological polar surface area (TPSA) is 83.6 Å². The summed E-state index contributed by atoms with van der Waals surface area (Å²) in [4.78, 5) is 32.0. The Morgan fingerprint density at radius 3 is 2.79 bits per heavy atom. The zero-order chi connectivity index (χ0) is 23.3. The van der Waals surface area contributed by atoms with Gasteiger partial charge in [-0.2, -0.15) is 0 Å². The largest absolute Gasteiger partial charge is 0.376 e. The summed E-state index contributed by atoms with van der Waals surface area (Å²) >= 11 is 0. The quantitative estimate of drug-likeness (QED) is 0.539. The summed E-state index contributed by atoms with van der Waals surface area (Å²) in [6.45, 7) is 1.79. The summed E-state index contributed by atoms with van der Waals surface area (Å²) in [5, 5.41) is 6.45. The van der Waals surface area contributed by atoms with E-state index in [0.717, 1.165) is 36.4 Å². The molecule has 2 atom stereocenters. The van der Waals surface area contributed by atoms with Gasteiger partial charge in [0.15, 0.2) is 0 Å². The van der Waals surface area contributed by atoms with Gasteiger partial charge in [-0.1, -0.05) is 30.3 Å². The van der Waals surface area contributed by atoms with Crippen LogP contribution in [0.2, 0.25) is 0 Å². The maximum Gasteiger partial charge on any atom is 0.256 e. The first-order chi connectivity index (χ1) is 16.7. The summed E-state index contributed by atoms with van der Waals surface area (Å²) in [5.74, 6) is -0.134. The van der Waals surface area contributed by atoms with Gasteiger partial charge in [0.25, 0.3) is 11.8 Å². The minimum absolute atomic E-state index is 0.00650. The first kappa shape index (κ1) is 22.1. The van der Waals surface area contributed by atoms with E-state index in [2.05, 4.69) is 15.6 Å². The summed E-state index contributed by atoms with van der Waals surface area (Å²) in [6, 6.07) is 20.8. The Morgan fingerprint density at radius 2 is 1.97 bits per heavy atom. The van der Waals surface area contributed by atoms with Gasteiger partial charge in [0.2, 0.25) is 0 Å². The van der Waals surface area contributed by atoms with E-state index in [1.54, 1.807) is 12.3 Å². The maximum atomic E-state index is 13.2. The van der Waals surface area contributed by atoms with Gasteiger partial charge in [-0.05, 0) is 49.2 Å². The van der Waals surface area contributed by atoms with Crippen LogP contribution in [-0.4, -0.2) is 47.5 Å². The summed E-state index contributed by atoms with van der Waals surface area (Å²) in [7, 11) is 0. The number of carbonyl (C=O) groups is 2. The average molecular weight is 457 g/mol. The molecule has 3 heterocycles. The first-order valence-electron chi connectivity index (χ1n) is 11.8. The van der Waals surface area contributed by atoms with Crippen molar-refractivity contribution >= 4 is 17.5 Å². The van der Waals surface area contributed by atoms with Gasteiger partial charge >= 0.3 is 0 Å². The molecule has 2 aliphatic heterocycles. The Balaban J connectivity index is 1.29. The molecule has 5 rings (SSSR count). The van der Waals surface area contributed by atoms with Crippen LogP contribution in [0.3, 0.4) is 0 Å². The first-order valence-corrected chi connectivity index (χ1v) is 11.8. The van der Waals surface area contributed by atoms with Gasteiger partial charge in [0, 0.05) is 60.4 Å². The predicted octanol–water partition coefficient (Wildman–Crippen LogP) is 3.80. The second-order valence-corrected chi connectivity index (χ2v) is 8.63. The lowest BCUT2D eigenvalue weighted by Gasteiger charge is -2.29. The van der Waals surface area contributed by atoms with Crippen molar-refractivity contribution in [2.45, 2.75) is 31.5 Å². The Morgan fingerprint density at radius 1 is 1.09 bits per heavy atom. The SMILES string of the molecule is O=C(NCCc1ccccn1)c1cccc(NC2c3ccccc3C(=O)N2CC2CCCO2)c1. The highest BCUT2D eigenvalue weighted by molar-refractivity contribution is 5.99. The molecule has 2 N–H and O–H groups in total. The summed E-state index contributed by atoms with van der Waals surface area (Å²) in [5.41, 5.74) is 3.93. The standard InChI is InChI=1S/C27H28N4O3/c32-26(29-15-13-20-8-3-4-14-28-20)19-7-5-9-21(17-19)30-25-23-11-1-2-12-24(23)27(33)31(25)18-22-10-6-16-34-22/h1-5,7-9,11-12,14,17,22,25,30H,6,10,13,15-16,18H2,(H,29,32). The lowest BCUT2D eigenvalue weighted by Crippen LogP contribution is -2.38. The number of rotatable bonds is 8. The number of pyridine rings is 1. The van der Waals surface area contributed by atoms with Gasteiger partial charge in [-0.3, -0.25) is 14.6 Å². The smallest absolute Gasteiger partial charge is 0.256 e. The molecule has 0 spiro atoms. The summed E-state index contributed by atoms with van der Waals surface area (Å²) < 4.78 is 5.80.